The van der Waals surface area contributed by atoms with E-state index in [9.17, 15) is 5.11 Å². The van der Waals surface area contributed by atoms with Crippen molar-refractivity contribution in [1.29, 1.82) is 0 Å². The van der Waals surface area contributed by atoms with Crippen LogP contribution in [0.3, 0.4) is 0 Å². The summed E-state index contributed by atoms with van der Waals surface area (Å²) in [7, 11) is 0. The van der Waals surface area contributed by atoms with Gasteiger partial charge in [-0.25, -0.2) is 4.98 Å². The molecule has 0 aliphatic carbocycles. The van der Waals surface area contributed by atoms with Gasteiger partial charge in [-0.3, -0.25) is 0 Å². The number of aromatic nitrogens is 1. The molecule has 0 aliphatic rings. The maximum absolute atomic E-state index is 9.89. The number of hydrogen-bond donors (Lipinski definition) is 1. The van der Waals surface area contributed by atoms with Crippen molar-refractivity contribution in [2.24, 2.45) is 0 Å². The Hall–Kier alpha value is -0.710. The highest BCUT2D eigenvalue weighted by Gasteiger charge is 2.11. The van der Waals surface area contributed by atoms with Gasteiger partial charge in [0, 0.05) is 11.3 Å². The maximum atomic E-state index is 9.89. The number of thiophene rings is 1. The normalized spacial score (nSPS) is 13.0. The van der Waals surface area contributed by atoms with Crippen molar-refractivity contribution in [2.45, 2.75) is 19.4 Å². The highest BCUT2D eigenvalue weighted by molar-refractivity contribution is 7.09. The van der Waals surface area contributed by atoms with Crippen molar-refractivity contribution < 1.29 is 5.11 Å². The van der Waals surface area contributed by atoms with Gasteiger partial charge in [0.15, 0.2) is 0 Å². The van der Waals surface area contributed by atoms with Gasteiger partial charge in [-0.1, -0.05) is 0 Å². The van der Waals surface area contributed by atoms with E-state index in [0.717, 1.165) is 11.3 Å². The van der Waals surface area contributed by atoms with Gasteiger partial charge in [0.25, 0.3) is 0 Å². The van der Waals surface area contributed by atoms with Gasteiger partial charge in [-0.05, 0) is 29.3 Å². The van der Waals surface area contributed by atoms with Crippen LogP contribution in [0.1, 0.15) is 22.2 Å². The van der Waals surface area contributed by atoms with E-state index in [-0.39, 0.29) is 6.10 Å². The molecule has 0 bridgehead atoms. The van der Waals surface area contributed by atoms with Crippen LogP contribution in [0.25, 0.3) is 0 Å². The molecule has 0 saturated carbocycles. The van der Waals surface area contributed by atoms with E-state index in [0.29, 0.717) is 6.42 Å². The van der Waals surface area contributed by atoms with Crippen LogP contribution in [-0.4, -0.2) is 10.1 Å². The number of nitrogens with zero attached hydrogens (tertiary/aromatic N) is 1. The second kappa shape index (κ2) is 4.21. The van der Waals surface area contributed by atoms with Crippen LogP contribution in [0.15, 0.2) is 22.3 Å². The topological polar surface area (TPSA) is 33.1 Å². The van der Waals surface area contributed by atoms with Gasteiger partial charge in [0.2, 0.25) is 0 Å². The van der Waals surface area contributed by atoms with E-state index >= 15 is 0 Å². The second-order valence-electron chi connectivity index (χ2n) is 3.14. The summed E-state index contributed by atoms with van der Waals surface area (Å²) in [5, 5.41) is 13.9. The fourth-order valence-corrected chi connectivity index (χ4v) is 2.80. The molecule has 2 heterocycles. The quantitative estimate of drug-likeness (QED) is 0.871. The zero-order chi connectivity index (χ0) is 9.97. The Labute approximate surface area is 90.9 Å². The van der Waals surface area contributed by atoms with Gasteiger partial charge in [0.05, 0.1) is 17.3 Å². The molecule has 0 fully saturated rings. The number of aryl methyl sites for hydroxylation is 1. The minimum absolute atomic E-state index is 0.389. The molecule has 2 rings (SSSR count). The maximum Gasteiger partial charge on any atom is 0.0846 e. The van der Waals surface area contributed by atoms with Gasteiger partial charge in [0.1, 0.15) is 0 Å². The van der Waals surface area contributed by atoms with Crippen LogP contribution in [0.5, 0.6) is 0 Å². The number of aliphatic hydroxyl groups is 1. The van der Waals surface area contributed by atoms with E-state index in [1.807, 2.05) is 29.3 Å². The van der Waals surface area contributed by atoms with Crippen LogP contribution >= 0.6 is 22.7 Å². The fourth-order valence-electron chi connectivity index (χ4n) is 1.28. The first-order valence-corrected chi connectivity index (χ1v) is 6.18. The van der Waals surface area contributed by atoms with Crippen molar-refractivity contribution in [3.63, 3.8) is 0 Å². The first kappa shape index (κ1) is 9.83. The molecule has 0 saturated heterocycles. The van der Waals surface area contributed by atoms with Gasteiger partial charge in [-0.2, -0.15) is 11.3 Å². The van der Waals surface area contributed by atoms with Crippen molar-refractivity contribution in [3.8, 4) is 0 Å². The molecule has 14 heavy (non-hydrogen) atoms. The van der Waals surface area contributed by atoms with Crippen LogP contribution in [0.2, 0.25) is 0 Å². The third-order valence-electron chi connectivity index (χ3n) is 2.15. The van der Waals surface area contributed by atoms with Gasteiger partial charge in [-0.15, -0.1) is 11.3 Å². The Kier molecular flexibility index (Phi) is 2.96. The van der Waals surface area contributed by atoms with Gasteiger partial charge < -0.3 is 5.11 Å². The van der Waals surface area contributed by atoms with E-state index < -0.39 is 0 Å². The highest BCUT2D eigenvalue weighted by atomic mass is 32.1. The van der Waals surface area contributed by atoms with Crippen LogP contribution in [0, 0.1) is 6.92 Å². The van der Waals surface area contributed by atoms with Crippen molar-refractivity contribution >= 4 is 22.7 Å². The Morgan fingerprint density at radius 2 is 2.43 bits per heavy atom. The van der Waals surface area contributed by atoms with E-state index in [1.165, 1.54) is 4.88 Å². The molecular weight excluding hydrogens is 214 g/mol. The average molecular weight is 225 g/mol. The van der Waals surface area contributed by atoms with Crippen molar-refractivity contribution in [2.75, 3.05) is 0 Å². The standard InChI is InChI=1S/C10H11NOS2/c1-7-10(14-6-11-7)4-9(12)8-2-3-13-5-8/h2-3,5-6,9,12H,4H2,1H3. The Morgan fingerprint density at radius 3 is 3.00 bits per heavy atom. The van der Waals surface area contributed by atoms with Crippen LogP contribution in [0.4, 0.5) is 0 Å². The Balaban J connectivity index is 2.09. The van der Waals surface area contributed by atoms with Crippen molar-refractivity contribution in [1.82, 2.24) is 4.98 Å². The zero-order valence-corrected chi connectivity index (χ0v) is 9.44. The Bertz CT molecular complexity index is 394. The molecule has 0 spiro atoms. The lowest BCUT2D eigenvalue weighted by Crippen LogP contribution is -1.99. The summed E-state index contributed by atoms with van der Waals surface area (Å²) in [6.07, 6.45) is 0.285. The number of aliphatic hydroxyl groups excluding tert-OH is 1. The first-order valence-electron chi connectivity index (χ1n) is 4.36. The minimum atomic E-state index is -0.389. The SMILES string of the molecule is Cc1ncsc1CC(O)c1ccsc1. The molecule has 1 N–H and O–H groups in total. The molecular formula is C10H11NOS2. The lowest BCUT2D eigenvalue weighted by atomic mass is 10.1. The summed E-state index contributed by atoms with van der Waals surface area (Å²) in [5.74, 6) is 0. The van der Waals surface area contributed by atoms with Crippen molar-refractivity contribution in [3.05, 3.63) is 38.5 Å². The summed E-state index contributed by atoms with van der Waals surface area (Å²) >= 11 is 3.22. The monoisotopic (exact) mass is 225 g/mol. The molecule has 2 nitrogen and oxygen atoms in total. The molecule has 2 aromatic rings. The number of thiazole rings is 1. The third-order valence-corrected chi connectivity index (χ3v) is 3.81. The van der Waals surface area contributed by atoms with E-state index in [1.54, 1.807) is 22.7 Å². The molecule has 0 aromatic carbocycles. The predicted octanol–water partition coefficient (Wildman–Crippen LogP) is 2.79. The van der Waals surface area contributed by atoms with Crippen LogP contribution in [-0.2, 0) is 6.42 Å². The molecule has 0 amide bonds. The summed E-state index contributed by atoms with van der Waals surface area (Å²) in [4.78, 5) is 5.33. The van der Waals surface area contributed by atoms with Gasteiger partial charge >= 0.3 is 0 Å². The fraction of sp³-hybridized carbons (Fsp3) is 0.300. The minimum Gasteiger partial charge on any atom is -0.388 e. The smallest absolute Gasteiger partial charge is 0.0846 e. The Morgan fingerprint density at radius 1 is 1.57 bits per heavy atom. The van der Waals surface area contributed by atoms with E-state index in [4.69, 9.17) is 0 Å². The molecule has 2 aromatic heterocycles. The molecule has 0 radical (unpaired) electrons. The molecule has 0 aliphatic heterocycles. The van der Waals surface area contributed by atoms with Crippen LogP contribution < -0.4 is 0 Å². The first-order chi connectivity index (χ1) is 6.77. The van der Waals surface area contributed by atoms with E-state index in [2.05, 4.69) is 4.98 Å². The summed E-state index contributed by atoms with van der Waals surface area (Å²) < 4.78 is 0. The highest BCUT2D eigenvalue weighted by Crippen LogP contribution is 2.23. The average Bonchev–Trinajstić information content (AvgIpc) is 2.77. The number of rotatable bonds is 3. The summed E-state index contributed by atoms with van der Waals surface area (Å²) in [6, 6.07) is 1.96. The molecule has 1 atom stereocenters. The largest absolute Gasteiger partial charge is 0.388 e. The lowest BCUT2D eigenvalue weighted by molar-refractivity contribution is 0.179. The summed E-state index contributed by atoms with van der Waals surface area (Å²) in [5.41, 5.74) is 3.86. The summed E-state index contributed by atoms with van der Waals surface area (Å²) in [6.45, 7) is 1.98. The predicted molar refractivity (Wildman–Crippen MR) is 59.8 cm³/mol. The zero-order valence-electron chi connectivity index (χ0n) is 7.80. The molecule has 4 heteroatoms. The second-order valence-corrected chi connectivity index (χ2v) is 4.86. The third kappa shape index (κ3) is 2.03. The number of hydrogen-bond acceptors (Lipinski definition) is 4. The lowest BCUT2D eigenvalue weighted by Gasteiger charge is -2.06. The molecule has 74 valence electrons. The molecule has 1 unspecified atom stereocenters.